The van der Waals surface area contributed by atoms with Crippen molar-refractivity contribution in [1.29, 1.82) is 0 Å². The van der Waals surface area contributed by atoms with Gasteiger partial charge in [0.15, 0.2) is 0 Å². The van der Waals surface area contributed by atoms with Crippen molar-refractivity contribution in [1.82, 2.24) is 10.2 Å². The molecule has 21 heavy (non-hydrogen) atoms. The number of nitrogens with zero attached hydrogens (tertiary/aromatic N) is 1. The van der Waals surface area contributed by atoms with Gasteiger partial charge in [-0.05, 0) is 43.4 Å². The monoisotopic (exact) mass is 292 g/mol. The van der Waals surface area contributed by atoms with Crippen molar-refractivity contribution in [2.45, 2.75) is 58.7 Å². The van der Waals surface area contributed by atoms with E-state index in [1.165, 1.54) is 12.5 Å². The maximum Gasteiger partial charge on any atom is 0.123 e. The summed E-state index contributed by atoms with van der Waals surface area (Å²) in [7, 11) is 0. The van der Waals surface area contributed by atoms with E-state index in [1.807, 2.05) is 12.1 Å². The van der Waals surface area contributed by atoms with Gasteiger partial charge in [0, 0.05) is 31.2 Å². The fourth-order valence-electron chi connectivity index (χ4n) is 3.19. The minimum absolute atomic E-state index is 0.138. The molecule has 1 fully saturated rings. The third-order valence-electron chi connectivity index (χ3n) is 4.63. The highest BCUT2D eigenvalue weighted by molar-refractivity contribution is 5.16. The maximum absolute atomic E-state index is 13.4. The van der Waals surface area contributed by atoms with Crippen molar-refractivity contribution in [3.63, 3.8) is 0 Å². The Balaban J connectivity index is 2.12. The van der Waals surface area contributed by atoms with Crippen molar-refractivity contribution in [2.24, 2.45) is 5.92 Å². The summed E-state index contributed by atoms with van der Waals surface area (Å²) in [6.07, 6.45) is 2.29. The third-order valence-corrected chi connectivity index (χ3v) is 4.63. The lowest BCUT2D eigenvalue weighted by Crippen LogP contribution is -2.62. The molecule has 1 aromatic carbocycles. The Bertz CT molecular complexity index is 460. The highest BCUT2D eigenvalue weighted by atomic mass is 19.1. The molecular weight excluding hydrogens is 263 g/mol. The molecule has 1 N–H and O–H groups in total. The lowest BCUT2D eigenvalue weighted by atomic mass is 9.90. The van der Waals surface area contributed by atoms with E-state index in [-0.39, 0.29) is 11.4 Å². The predicted octanol–water partition coefficient (Wildman–Crippen LogP) is 3.81. The van der Waals surface area contributed by atoms with Crippen LogP contribution >= 0.6 is 0 Å². The van der Waals surface area contributed by atoms with E-state index >= 15 is 0 Å². The molecule has 0 bridgehead atoms. The molecule has 0 aliphatic carbocycles. The molecule has 2 unspecified atom stereocenters. The molecule has 1 aromatic rings. The number of nitrogens with one attached hydrogen (secondary N) is 1. The van der Waals surface area contributed by atoms with Gasteiger partial charge in [-0.1, -0.05) is 32.9 Å². The maximum atomic E-state index is 13.4. The molecule has 1 heterocycles. The van der Waals surface area contributed by atoms with Gasteiger partial charge in [-0.2, -0.15) is 0 Å². The van der Waals surface area contributed by atoms with Crippen LogP contribution in [-0.4, -0.2) is 29.6 Å². The summed E-state index contributed by atoms with van der Waals surface area (Å²) in [6.45, 7) is 12.0. The fourth-order valence-corrected chi connectivity index (χ4v) is 3.19. The lowest BCUT2D eigenvalue weighted by molar-refractivity contribution is 0.0664. The number of benzene rings is 1. The molecule has 2 atom stereocenters. The molecule has 0 aromatic heterocycles. The molecule has 1 saturated heterocycles. The zero-order valence-corrected chi connectivity index (χ0v) is 13.8. The quantitative estimate of drug-likeness (QED) is 0.887. The molecule has 0 saturated carbocycles. The summed E-state index contributed by atoms with van der Waals surface area (Å²) in [6, 6.07) is 7.55. The number of piperazine rings is 1. The number of hydrogen-bond acceptors (Lipinski definition) is 2. The van der Waals surface area contributed by atoms with Gasteiger partial charge in [0.1, 0.15) is 5.82 Å². The minimum atomic E-state index is -0.138. The van der Waals surface area contributed by atoms with Crippen molar-refractivity contribution < 1.29 is 4.39 Å². The van der Waals surface area contributed by atoms with E-state index in [0.717, 1.165) is 31.6 Å². The molecule has 2 nitrogen and oxygen atoms in total. The second-order valence-corrected chi connectivity index (χ2v) is 7.11. The van der Waals surface area contributed by atoms with Crippen LogP contribution in [0.4, 0.5) is 4.39 Å². The Hall–Kier alpha value is -0.930. The zero-order valence-electron chi connectivity index (χ0n) is 13.8. The first-order valence-corrected chi connectivity index (χ1v) is 8.15. The van der Waals surface area contributed by atoms with Crippen molar-refractivity contribution in [2.75, 3.05) is 13.1 Å². The van der Waals surface area contributed by atoms with E-state index < -0.39 is 0 Å². The van der Waals surface area contributed by atoms with Crippen LogP contribution in [0.5, 0.6) is 0 Å². The molecule has 1 aliphatic heterocycles. The standard InChI is InChI=1S/C18H29FN2/c1-5-18(4)13-21(17(11-20-18)9-14(2)3)12-15-7-6-8-16(19)10-15/h6-8,10,14,17,20H,5,9,11-13H2,1-4H3. The van der Waals surface area contributed by atoms with Crippen molar-refractivity contribution in [3.8, 4) is 0 Å². The first kappa shape index (κ1) is 16.4. The molecule has 0 radical (unpaired) electrons. The van der Waals surface area contributed by atoms with Crippen LogP contribution in [0.15, 0.2) is 24.3 Å². The van der Waals surface area contributed by atoms with Crippen LogP contribution in [0.2, 0.25) is 0 Å². The second-order valence-electron chi connectivity index (χ2n) is 7.11. The van der Waals surface area contributed by atoms with E-state index in [2.05, 4.69) is 37.9 Å². The number of hydrogen-bond donors (Lipinski definition) is 1. The smallest absolute Gasteiger partial charge is 0.123 e. The molecule has 118 valence electrons. The summed E-state index contributed by atoms with van der Waals surface area (Å²) >= 11 is 0. The largest absolute Gasteiger partial charge is 0.309 e. The van der Waals surface area contributed by atoms with Crippen molar-refractivity contribution in [3.05, 3.63) is 35.6 Å². The van der Waals surface area contributed by atoms with Gasteiger partial charge in [0.2, 0.25) is 0 Å². The van der Waals surface area contributed by atoms with Gasteiger partial charge in [0.25, 0.3) is 0 Å². The molecular formula is C18H29FN2. The molecule has 0 spiro atoms. The molecule has 3 heteroatoms. The Labute approximate surface area is 128 Å². The Kier molecular flexibility index (Phi) is 5.39. The molecule has 0 amide bonds. The number of rotatable bonds is 5. The zero-order chi connectivity index (χ0) is 15.5. The Morgan fingerprint density at radius 2 is 2.19 bits per heavy atom. The lowest BCUT2D eigenvalue weighted by Gasteiger charge is -2.46. The Morgan fingerprint density at radius 1 is 1.43 bits per heavy atom. The highest BCUT2D eigenvalue weighted by Gasteiger charge is 2.34. The third kappa shape index (κ3) is 4.52. The fraction of sp³-hybridized carbons (Fsp3) is 0.667. The van der Waals surface area contributed by atoms with Crippen LogP contribution in [0, 0.1) is 11.7 Å². The first-order valence-electron chi connectivity index (χ1n) is 8.15. The minimum Gasteiger partial charge on any atom is -0.309 e. The van der Waals surface area contributed by atoms with E-state index in [1.54, 1.807) is 6.07 Å². The van der Waals surface area contributed by atoms with Gasteiger partial charge in [-0.15, -0.1) is 0 Å². The van der Waals surface area contributed by atoms with Crippen LogP contribution in [0.3, 0.4) is 0 Å². The van der Waals surface area contributed by atoms with E-state index in [9.17, 15) is 4.39 Å². The van der Waals surface area contributed by atoms with Crippen LogP contribution in [0.25, 0.3) is 0 Å². The topological polar surface area (TPSA) is 15.3 Å². The van der Waals surface area contributed by atoms with Crippen LogP contribution < -0.4 is 5.32 Å². The summed E-state index contributed by atoms with van der Waals surface area (Å²) in [5.41, 5.74) is 1.24. The highest BCUT2D eigenvalue weighted by Crippen LogP contribution is 2.24. The first-order chi connectivity index (χ1) is 9.92. The Morgan fingerprint density at radius 3 is 2.81 bits per heavy atom. The number of halogens is 1. The SMILES string of the molecule is CCC1(C)CN(Cc2cccc(F)c2)C(CC(C)C)CN1. The molecule has 1 aliphatic rings. The van der Waals surface area contributed by atoms with Crippen LogP contribution in [-0.2, 0) is 6.54 Å². The normalized spacial score (nSPS) is 27.2. The summed E-state index contributed by atoms with van der Waals surface area (Å²) in [4.78, 5) is 2.54. The average Bonchev–Trinajstić information content (AvgIpc) is 2.42. The molecule has 2 rings (SSSR count). The second kappa shape index (κ2) is 6.89. The van der Waals surface area contributed by atoms with Gasteiger partial charge in [0.05, 0.1) is 0 Å². The summed E-state index contributed by atoms with van der Waals surface area (Å²) in [5.74, 6) is 0.541. The summed E-state index contributed by atoms with van der Waals surface area (Å²) in [5, 5.41) is 3.71. The van der Waals surface area contributed by atoms with E-state index in [0.29, 0.717) is 12.0 Å². The average molecular weight is 292 g/mol. The van der Waals surface area contributed by atoms with Gasteiger partial charge < -0.3 is 5.32 Å². The van der Waals surface area contributed by atoms with E-state index in [4.69, 9.17) is 0 Å². The summed E-state index contributed by atoms with van der Waals surface area (Å²) < 4.78 is 13.4. The van der Waals surface area contributed by atoms with Crippen LogP contribution in [0.1, 0.15) is 46.1 Å². The predicted molar refractivity (Wildman–Crippen MR) is 86.8 cm³/mol. The van der Waals surface area contributed by atoms with Gasteiger partial charge >= 0.3 is 0 Å². The van der Waals surface area contributed by atoms with Gasteiger partial charge in [-0.3, -0.25) is 4.90 Å². The van der Waals surface area contributed by atoms with Gasteiger partial charge in [-0.25, -0.2) is 4.39 Å². The van der Waals surface area contributed by atoms with Crippen molar-refractivity contribution >= 4 is 0 Å².